The molecule has 0 radical (unpaired) electrons. The van der Waals surface area contributed by atoms with Gasteiger partial charge in [0.05, 0.1) is 12.8 Å². The summed E-state index contributed by atoms with van der Waals surface area (Å²) in [5.74, 6) is 0.852. The summed E-state index contributed by atoms with van der Waals surface area (Å²) in [6, 6.07) is 3.72. The van der Waals surface area contributed by atoms with Crippen LogP contribution in [0.5, 0.6) is 0 Å². The summed E-state index contributed by atoms with van der Waals surface area (Å²) in [5.41, 5.74) is 0. The van der Waals surface area contributed by atoms with E-state index in [1.54, 1.807) is 6.26 Å². The van der Waals surface area contributed by atoms with Crippen molar-refractivity contribution >= 4 is 12.0 Å². The minimum Gasteiger partial charge on any atom is -0.465 e. The molecular formula is C12H18N2O2. The zero-order valence-corrected chi connectivity index (χ0v) is 9.53. The van der Waals surface area contributed by atoms with Crippen LogP contribution in [0.1, 0.15) is 19.1 Å². The van der Waals surface area contributed by atoms with E-state index in [0.29, 0.717) is 13.1 Å². The highest BCUT2D eigenvalue weighted by molar-refractivity contribution is 5.77. The van der Waals surface area contributed by atoms with Crippen molar-refractivity contribution in [3.05, 3.63) is 30.2 Å². The Bertz CT molecular complexity index is 318. The number of furan rings is 1. The van der Waals surface area contributed by atoms with E-state index in [1.165, 1.54) is 0 Å². The molecule has 1 amide bonds. The van der Waals surface area contributed by atoms with Crippen molar-refractivity contribution in [2.45, 2.75) is 13.3 Å². The number of hydrogen-bond donors (Lipinski definition) is 2. The molecule has 0 unspecified atom stereocenters. The maximum absolute atomic E-state index is 11.2. The van der Waals surface area contributed by atoms with E-state index in [-0.39, 0.29) is 5.91 Å². The van der Waals surface area contributed by atoms with Crippen LogP contribution in [0.3, 0.4) is 0 Å². The van der Waals surface area contributed by atoms with Gasteiger partial charge in [-0.2, -0.15) is 0 Å². The van der Waals surface area contributed by atoms with Gasteiger partial charge >= 0.3 is 0 Å². The molecular weight excluding hydrogens is 204 g/mol. The molecule has 16 heavy (non-hydrogen) atoms. The summed E-state index contributed by atoms with van der Waals surface area (Å²) in [6.45, 7) is 3.77. The lowest BCUT2D eigenvalue weighted by atomic mass is 10.4. The second-order valence-corrected chi connectivity index (χ2v) is 3.40. The molecule has 0 saturated heterocycles. The lowest BCUT2D eigenvalue weighted by molar-refractivity contribution is -0.120. The molecule has 4 heteroatoms. The fourth-order valence-electron chi connectivity index (χ4n) is 1.16. The van der Waals surface area contributed by atoms with Crippen molar-refractivity contribution in [1.29, 1.82) is 0 Å². The number of amides is 1. The number of nitrogens with one attached hydrogen (secondary N) is 2. The van der Waals surface area contributed by atoms with E-state index in [9.17, 15) is 4.79 Å². The van der Waals surface area contributed by atoms with Crippen LogP contribution in [0.25, 0.3) is 6.08 Å². The molecule has 0 saturated carbocycles. The Morgan fingerprint density at radius 2 is 2.44 bits per heavy atom. The Morgan fingerprint density at radius 1 is 1.56 bits per heavy atom. The molecule has 4 nitrogen and oxygen atoms in total. The Hall–Kier alpha value is -1.55. The van der Waals surface area contributed by atoms with Crippen LogP contribution in [0.2, 0.25) is 0 Å². The maximum atomic E-state index is 11.2. The second-order valence-electron chi connectivity index (χ2n) is 3.40. The number of carbonyl (C=O) groups is 1. The Kier molecular flexibility index (Phi) is 6.03. The lowest BCUT2D eigenvalue weighted by Gasteiger charge is -2.02. The first-order valence-corrected chi connectivity index (χ1v) is 5.50. The van der Waals surface area contributed by atoms with Crippen LogP contribution < -0.4 is 10.6 Å². The topological polar surface area (TPSA) is 54.3 Å². The monoisotopic (exact) mass is 222 g/mol. The minimum atomic E-state index is 0.0354. The van der Waals surface area contributed by atoms with Gasteiger partial charge in [0.25, 0.3) is 0 Å². The third kappa shape index (κ3) is 5.36. The van der Waals surface area contributed by atoms with Crippen molar-refractivity contribution in [2.75, 3.05) is 19.6 Å². The highest BCUT2D eigenvalue weighted by Gasteiger charge is 1.96. The lowest BCUT2D eigenvalue weighted by Crippen LogP contribution is -2.34. The Balaban J connectivity index is 2.05. The molecule has 0 aliphatic heterocycles. The molecule has 1 aromatic heterocycles. The van der Waals surface area contributed by atoms with Crippen LogP contribution in [0, 0.1) is 0 Å². The first-order valence-electron chi connectivity index (χ1n) is 5.50. The van der Waals surface area contributed by atoms with Gasteiger partial charge in [0, 0.05) is 13.1 Å². The van der Waals surface area contributed by atoms with Crippen LogP contribution in [-0.4, -0.2) is 25.5 Å². The smallest absolute Gasteiger partial charge is 0.233 e. The SMILES string of the molecule is CCCNC(=O)CNC/C=C/c1ccco1. The summed E-state index contributed by atoms with van der Waals surface area (Å²) in [5, 5.41) is 5.81. The minimum absolute atomic E-state index is 0.0354. The van der Waals surface area contributed by atoms with Crippen LogP contribution in [-0.2, 0) is 4.79 Å². The predicted octanol–water partition coefficient (Wildman–Crippen LogP) is 1.41. The maximum Gasteiger partial charge on any atom is 0.233 e. The van der Waals surface area contributed by atoms with E-state index in [1.807, 2.05) is 31.2 Å². The molecule has 0 bridgehead atoms. The molecule has 0 fully saturated rings. The number of rotatable bonds is 7. The highest BCUT2D eigenvalue weighted by Crippen LogP contribution is 2.00. The number of hydrogen-bond acceptors (Lipinski definition) is 3. The average Bonchev–Trinajstić information content (AvgIpc) is 2.79. The zero-order valence-electron chi connectivity index (χ0n) is 9.53. The Labute approximate surface area is 95.7 Å². The standard InChI is InChI=1S/C12H18N2O2/c1-2-7-14-12(15)10-13-8-3-5-11-6-4-9-16-11/h3-6,9,13H,2,7-8,10H2,1H3,(H,14,15)/b5-3+. The van der Waals surface area contributed by atoms with E-state index in [2.05, 4.69) is 10.6 Å². The van der Waals surface area contributed by atoms with Gasteiger partial charge in [-0.25, -0.2) is 0 Å². The zero-order chi connectivity index (χ0) is 11.6. The first kappa shape index (κ1) is 12.5. The molecule has 0 atom stereocenters. The molecule has 1 heterocycles. The molecule has 2 N–H and O–H groups in total. The first-order chi connectivity index (χ1) is 7.83. The van der Waals surface area contributed by atoms with E-state index >= 15 is 0 Å². The summed E-state index contributed by atoms with van der Waals surface area (Å²) in [6.07, 6.45) is 6.39. The van der Waals surface area contributed by atoms with Crippen LogP contribution in [0.4, 0.5) is 0 Å². The summed E-state index contributed by atoms with van der Waals surface area (Å²) >= 11 is 0. The van der Waals surface area contributed by atoms with Gasteiger partial charge in [0.1, 0.15) is 5.76 Å². The van der Waals surface area contributed by atoms with Gasteiger partial charge in [0.2, 0.25) is 5.91 Å². The molecule has 0 spiro atoms. The molecule has 1 aromatic rings. The van der Waals surface area contributed by atoms with Crippen molar-refractivity contribution in [3.8, 4) is 0 Å². The van der Waals surface area contributed by atoms with E-state index < -0.39 is 0 Å². The normalized spacial score (nSPS) is 10.8. The predicted molar refractivity (Wildman–Crippen MR) is 63.9 cm³/mol. The van der Waals surface area contributed by atoms with E-state index in [0.717, 1.165) is 18.7 Å². The molecule has 0 aliphatic carbocycles. The van der Waals surface area contributed by atoms with Crippen molar-refractivity contribution < 1.29 is 9.21 Å². The van der Waals surface area contributed by atoms with Gasteiger partial charge in [-0.1, -0.05) is 13.0 Å². The van der Waals surface area contributed by atoms with Crippen molar-refractivity contribution in [2.24, 2.45) is 0 Å². The molecule has 0 aliphatic rings. The second kappa shape index (κ2) is 7.70. The van der Waals surface area contributed by atoms with Gasteiger partial charge in [-0.3, -0.25) is 4.79 Å². The largest absolute Gasteiger partial charge is 0.465 e. The van der Waals surface area contributed by atoms with Gasteiger partial charge < -0.3 is 15.1 Å². The van der Waals surface area contributed by atoms with E-state index in [4.69, 9.17) is 4.42 Å². The number of carbonyl (C=O) groups excluding carboxylic acids is 1. The third-order valence-corrected chi connectivity index (χ3v) is 1.95. The molecule has 1 rings (SSSR count). The summed E-state index contributed by atoms with van der Waals surface area (Å²) in [7, 11) is 0. The van der Waals surface area contributed by atoms with Gasteiger partial charge in [-0.15, -0.1) is 0 Å². The highest BCUT2D eigenvalue weighted by atomic mass is 16.3. The fraction of sp³-hybridized carbons (Fsp3) is 0.417. The van der Waals surface area contributed by atoms with Crippen molar-refractivity contribution in [1.82, 2.24) is 10.6 Å². The quantitative estimate of drug-likeness (QED) is 0.686. The summed E-state index contributed by atoms with van der Waals surface area (Å²) in [4.78, 5) is 11.2. The van der Waals surface area contributed by atoms with Crippen LogP contribution in [0.15, 0.2) is 28.9 Å². The van der Waals surface area contributed by atoms with Crippen molar-refractivity contribution in [3.63, 3.8) is 0 Å². The Morgan fingerprint density at radius 3 is 3.12 bits per heavy atom. The molecule has 88 valence electrons. The van der Waals surface area contributed by atoms with Gasteiger partial charge in [0.15, 0.2) is 0 Å². The van der Waals surface area contributed by atoms with Crippen LogP contribution >= 0.6 is 0 Å². The third-order valence-electron chi connectivity index (χ3n) is 1.95. The van der Waals surface area contributed by atoms with Gasteiger partial charge in [-0.05, 0) is 24.6 Å². The fourth-order valence-corrected chi connectivity index (χ4v) is 1.16. The molecule has 0 aromatic carbocycles. The summed E-state index contributed by atoms with van der Waals surface area (Å²) < 4.78 is 5.12. The average molecular weight is 222 g/mol.